The maximum atomic E-state index is 13.1. The van der Waals surface area contributed by atoms with Crippen LogP contribution in [0.25, 0.3) is 0 Å². The lowest BCUT2D eigenvalue weighted by Crippen LogP contribution is -2.43. The topological polar surface area (TPSA) is 102 Å². The van der Waals surface area contributed by atoms with Crippen LogP contribution in [0.3, 0.4) is 0 Å². The Bertz CT molecular complexity index is 1050. The molecule has 0 spiro atoms. The predicted octanol–water partition coefficient (Wildman–Crippen LogP) is 2.12. The zero-order chi connectivity index (χ0) is 22.2. The number of rotatable bonds is 5. The molecular weight excluding hydrogens is 422 g/mol. The van der Waals surface area contributed by atoms with Crippen molar-refractivity contribution in [3.8, 4) is 11.5 Å². The third kappa shape index (κ3) is 4.27. The number of nitrogens with zero attached hydrogens (tertiary/aromatic N) is 3. The van der Waals surface area contributed by atoms with Gasteiger partial charge in [-0.2, -0.15) is 4.31 Å². The van der Waals surface area contributed by atoms with Crippen LogP contribution in [0.15, 0.2) is 27.6 Å². The average Bonchev–Trinajstić information content (AvgIpc) is 3.10. The molecule has 1 saturated heterocycles. The molecule has 4 rings (SSSR count). The van der Waals surface area contributed by atoms with Crippen molar-refractivity contribution in [2.24, 2.45) is 5.92 Å². The molecule has 9 nitrogen and oxygen atoms in total. The zero-order valence-electron chi connectivity index (χ0n) is 18.0. The Balaban J connectivity index is 1.39. The van der Waals surface area contributed by atoms with Gasteiger partial charge in [0.05, 0.1) is 17.1 Å². The number of carbonyl (C=O) groups is 1. The lowest BCUT2D eigenvalue weighted by Gasteiger charge is -2.32. The fourth-order valence-corrected chi connectivity index (χ4v) is 5.52. The highest BCUT2D eigenvalue weighted by atomic mass is 32.2. The summed E-state index contributed by atoms with van der Waals surface area (Å²) in [6.07, 6.45) is 0.961. The number of aryl methyl sites for hydroxylation is 2. The van der Waals surface area contributed by atoms with Crippen LogP contribution in [0.2, 0.25) is 0 Å². The third-order valence-corrected chi connectivity index (χ3v) is 7.80. The smallest absolute Gasteiger partial charge is 0.243 e. The van der Waals surface area contributed by atoms with Crippen LogP contribution in [0.4, 0.5) is 0 Å². The Hall–Kier alpha value is -2.59. The van der Waals surface area contributed by atoms with Crippen LogP contribution in [0.1, 0.15) is 29.9 Å². The van der Waals surface area contributed by atoms with Gasteiger partial charge in [-0.15, -0.1) is 0 Å². The highest BCUT2D eigenvalue weighted by Gasteiger charge is 2.34. The lowest BCUT2D eigenvalue weighted by atomic mass is 9.96. The Labute approximate surface area is 181 Å². The van der Waals surface area contributed by atoms with Gasteiger partial charge < -0.3 is 18.9 Å². The minimum atomic E-state index is -3.66. The van der Waals surface area contributed by atoms with E-state index in [1.807, 2.05) is 13.8 Å². The maximum absolute atomic E-state index is 13.1. The van der Waals surface area contributed by atoms with E-state index >= 15 is 0 Å². The highest BCUT2D eigenvalue weighted by Crippen LogP contribution is 2.34. The summed E-state index contributed by atoms with van der Waals surface area (Å²) >= 11 is 0. The molecule has 1 fully saturated rings. The Morgan fingerprint density at radius 3 is 2.48 bits per heavy atom. The minimum absolute atomic E-state index is 0.0105. The van der Waals surface area contributed by atoms with E-state index in [1.165, 1.54) is 16.4 Å². The number of hydrogen-bond acceptors (Lipinski definition) is 7. The molecule has 1 aromatic heterocycles. The number of amides is 1. The first-order chi connectivity index (χ1) is 14.8. The fourth-order valence-electron chi connectivity index (χ4n) is 4.03. The molecule has 1 amide bonds. The SMILES string of the molecule is Cc1noc(C)c1CN(C)C(=O)C1CCN(S(=O)(=O)c2ccc3c(c2)OCCO3)CC1. The van der Waals surface area contributed by atoms with E-state index in [1.54, 1.807) is 18.0 Å². The van der Waals surface area contributed by atoms with Gasteiger partial charge in [0.15, 0.2) is 11.5 Å². The average molecular weight is 450 g/mol. The quantitative estimate of drug-likeness (QED) is 0.689. The molecule has 0 bridgehead atoms. The van der Waals surface area contributed by atoms with E-state index in [0.29, 0.717) is 62.9 Å². The summed E-state index contributed by atoms with van der Waals surface area (Å²) < 4.78 is 43.8. The predicted molar refractivity (Wildman–Crippen MR) is 111 cm³/mol. The van der Waals surface area contributed by atoms with Crippen LogP contribution in [0, 0.1) is 19.8 Å². The van der Waals surface area contributed by atoms with Crippen molar-refractivity contribution >= 4 is 15.9 Å². The van der Waals surface area contributed by atoms with Gasteiger partial charge in [0.2, 0.25) is 15.9 Å². The fraction of sp³-hybridized carbons (Fsp3) is 0.524. The first-order valence-corrected chi connectivity index (χ1v) is 11.8. The molecule has 0 N–H and O–H groups in total. The second-order valence-electron chi connectivity index (χ2n) is 7.98. The monoisotopic (exact) mass is 449 g/mol. The Morgan fingerprint density at radius 1 is 1.16 bits per heavy atom. The first kappa shape index (κ1) is 21.6. The standard InChI is InChI=1S/C21H27N3O6S/c1-14-18(15(2)30-22-14)13-23(3)21(25)16-6-8-24(9-7-16)31(26,27)17-4-5-19-20(12-17)29-11-10-28-19/h4-5,12,16H,6-11,13H2,1-3H3. The number of sulfonamides is 1. The van der Waals surface area contributed by atoms with Crippen LogP contribution in [-0.4, -0.2) is 62.0 Å². The largest absolute Gasteiger partial charge is 0.486 e. The van der Waals surface area contributed by atoms with Crippen molar-refractivity contribution in [2.75, 3.05) is 33.4 Å². The van der Waals surface area contributed by atoms with Gasteiger partial charge >= 0.3 is 0 Å². The molecule has 3 heterocycles. The zero-order valence-corrected chi connectivity index (χ0v) is 18.8. The molecule has 31 heavy (non-hydrogen) atoms. The summed E-state index contributed by atoms with van der Waals surface area (Å²) in [6.45, 7) is 5.55. The lowest BCUT2D eigenvalue weighted by molar-refractivity contribution is -0.135. The molecule has 0 saturated carbocycles. The number of benzene rings is 1. The van der Waals surface area contributed by atoms with Gasteiger partial charge in [-0.3, -0.25) is 4.79 Å². The van der Waals surface area contributed by atoms with Gasteiger partial charge in [-0.1, -0.05) is 5.16 Å². The van der Waals surface area contributed by atoms with Crippen molar-refractivity contribution in [1.29, 1.82) is 0 Å². The van der Waals surface area contributed by atoms with Crippen LogP contribution in [0.5, 0.6) is 11.5 Å². The molecule has 0 unspecified atom stereocenters. The van der Waals surface area contributed by atoms with Gasteiger partial charge in [-0.25, -0.2) is 8.42 Å². The van der Waals surface area contributed by atoms with Crippen LogP contribution >= 0.6 is 0 Å². The summed E-state index contributed by atoms with van der Waals surface area (Å²) in [5, 5.41) is 3.93. The molecule has 0 atom stereocenters. The van der Waals surface area contributed by atoms with E-state index in [2.05, 4.69) is 5.16 Å². The van der Waals surface area contributed by atoms with Gasteiger partial charge in [-0.05, 0) is 38.8 Å². The molecule has 2 aromatic rings. The first-order valence-electron chi connectivity index (χ1n) is 10.3. The molecule has 1 aromatic carbocycles. The maximum Gasteiger partial charge on any atom is 0.243 e. The number of aromatic nitrogens is 1. The second kappa shape index (κ2) is 8.51. The van der Waals surface area contributed by atoms with E-state index in [0.717, 1.165) is 11.3 Å². The Morgan fingerprint density at radius 2 is 1.84 bits per heavy atom. The van der Waals surface area contributed by atoms with E-state index in [9.17, 15) is 13.2 Å². The van der Waals surface area contributed by atoms with Gasteiger partial charge in [0, 0.05) is 37.7 Å². The number of piperidine rings is 1. The van der Waals surface area contributed by atoms with Gasteiger partial charge in [0.1, 0.15) is 19.0 Å². The summed E-state index contributed by atoms with van der Waals surface area (Å²) in [5.41, 5.74) is 1.69. The molecule has 168 valence electrons. The van der Waals surface area contributed by atoms with E-state index in [4.69, 9.17) is 14.0 Å². The van der Waals surface area contributed by atoms with Crippen LogP contribution < -0.4 is 9.47 Å². The normalized spacial score (nSPS) is 17.5. The summed E-state index contributed by atoms with van der Waals surface area (Å²) in [5.74, 6) is 1.50. The minimum Gasteiger partial charge on any atom is -0.486 e. The van der Waals surface area contributed by atoms with E-state index in [-0.39, 0.29) is 16.7 Å². The molecule has 2 aliphatic rings. The summed E-state index contributed by atoms with van der Waals surface area (Å²) in [4.78, 5) is 14.8. The summed E-state index contributed by atoms with van der Waals surface area (Å²) in [6, 6.07) is 4.68. The number of fused-ring (bicyclic) bond motifs is 1. The summed E-state index contributed by atoms with van der Waals surface area (Å²) in [7, 11) is -1.91. The number of ether oxygens (including phenoxy) is 2. The number of hydrogen-bond donors (Lipinski definition) is 0. The second-order valence-corrected chi connectivity index (χ2v) is 9.92. The van der Waals surface area contributed by atoms with Crippen LogP contribution in [-0.2, 0) is 21.4 Å². The van der Waals surface area contributed by atoms with Crippen molar-refractivity contribution in [3.05, 3.63) is 35.2 Å². The molecular formula is C21H27N3O6S. The molecule has 2 aliphatic heterocycles. The number of carbonyl (C=O) groups excluding carboxylic acids is 1. The van der Waals surface area contributed by atoms with Crippen molar-refractivity contribution in [3.63, 3.8) is 0 Å². The Kier molecular flexibility index (Phi) is 5.94. The molecule has 0 aliphatic carbocycles. The highest BCUT2D eigenvalue weighted by molar-refractivity contribution is 7.89. The van der Waals surface area contributed by atoms with E-state index < -0.39 is 10.0 Å². The molecule has 10 heteroatoms. The van der Waals surface area contributed by atoms with Crippen molar-refractivity contribution < 1.29 is 27.2 Å². The molecule has 0 radical (unpaired) electrons. The van der Waals surface area contributed by atoms with Crippen molar-refractivity contribution in [2.45, 2.75) is 38.1 Å². The van der Waals surface area contributed by atoms with Crippen molar-refractivity contribution in [1.82, 2.24) is 14.4 Å². The van der Waals surface area contributed by atoms with Gasteiger partial charge in [0.25, 0.3) is 0 Å². The third-order valence-electron chi connectivity index (χ3n) is 5.91.